The average Bonchev–Trinajstić information content (AvgIpc) is 3.75. The third-order valence-corrected chi connectivity index (χ3v) is 9.83. The molecule has 4 atom stereocenters. The van der Waals surface area contributed by atoms with Crippen molar-refractivity contribution in [3.63, 3.8) is 0 Å². The Morgan fingerprint density at radius 2 is 1.91 bits per heavy atom. The maximum Gasteiger partial charge on any atom is 0.335 e. The highest BCUT2D eigenvalue weighted by Gasteiger charge is 2.63. The highest BCUT2D eigenvalue weighted by atomic mass is 35.5. The number of carbonyl (C=O) groups is 3. The Hall–Kier alpha value is -3.66. The molecule has 3 fully saturated rings. The van der Waals surface area contributed by atoms with Gasteiger partial charge >= 0.3 is 5.97 Å². The number of carboxylic acid groups (broad SMARTS) is 1. The number of hydrogen-bond acceptors (Lipinski definition) is 5. The summed E-state index contributed by atoms with van der Waals surface area (Å²) in [7, 11) is 0. The van der Waals surface area contributed by atoms with E-state index in [4.69, 9.17) is 23.2 Å². The minimum Gasteiger partial charge on any atom is -0.506 e. The maximum absolute atomic E-state index is 16.1. The van der Waals surface area contributed by atoms with Gasteiger partial charge in [-0.05, 0) is 79.6 Å². The van der Waals surface area contributed by atoms with Crippen molar-refractivity contribution >= 4 is 52.9 Å². The zero-order chi connectivity index (χ0) is 30.6. The number of piperidine rings is 1. The lowest BCUT2D eigenvalue weighted by Gasteiger charge is -2.43. The molecule has 0 aromatic heterocycles. The van der Waals surface area contributed by atoms with Crippen molar-refractivity contribution in [3.8, 4) is 5.75 Å². The zero-order valence-electron chi connectivity index (χ0n) is 23.3. The predicted octanol–water partition coefficient (Wildman–Crippen LogP) is 6.25. The summed E-state index contributed by atoms with van der Waals surface area (Å²) in [4.78, 5) is 41.5. The summed E-state index contributed by atoms with van der Waals surface area (Å²) in [6, 6.07) is 13.5. The quantitative estimate of drug-likeness (QED) is 0.255. The van der Waals surface area contributed by atoms with Gasteiger partial charge in [0.1, 0.15) is 11.6 Å². The third kappa shape index (κ3) is 4.93. The topological polar surface area (TPSA) is 110 Å². The van der Waals surface area contributed by atoms with E-state index in [0.717, 1.165) is 18.9 Å². The molecule has 0 spiro atoms. The van der Waals surface area contributed by atoms with Crippen LogP contribution in [0.1, 0.15) is 53.6 Å². The highest BCUT2D eigenvalue weighted by molar-refractivity contribution is 6.31. The molecule has 2 heterocycles. The van der Waals surface area contributed by atoms with Gasteiger partial charge in [0.25, 0.3) is 0 Å². The number of nitrogens with one attached hydrogen (secondary N) is 1. The van der Waals surface area contributed by atoms with Crippen LogP contribution in [0.15, 0.2) is 54.6 Å². The van der Waals surface area contributed by atoms with E-state index in [-0.39, 0.29) is 46.1 Å². The molecule has 1 saturated carbocycles. The number of hydrogen-bond donors (Lipinski definition) is 3. The lowest BCUT2D eigenvalue weighted by molar-refractivity contribution is -0.125. The summed E-state index contributed by atoms with van der Waals surface area (Å²) in [5.41, 5.74) is 0.524. The summed E-state index contributed by atoms with van der Waals surface area (Å²) in [5.74, 6) is -3.56. The normalized spacial score (nSPS) is 25.4. The molecule has 224 valence electrons. The van der Waals surface area contributed by atoms with E-state index >= 15 is 4.39 Å². The Morgan fingerprint density at radius 1 is 1.14 bits per heavy atom. The standard InChI is InChI=1S/C32H30Cl2FN3O5/c1-32(21-9-8-19(33)14-23(21)36-16-39)28(20-3-2-4-22(34)29(20)35)27-25(38(32)15-17-5-6-17)11-12-37(30(27)41)24-10-7-18(31(42)43)13-26(24)40/h2-4,7-10,13-14,16-17,25,27-28,40H,5-6,11-12,15H2,1H3,(H,36,39)(H,42,43)/t25-,27+,28-,32+/m0/s1. The monoisotopic (exact) mass is 625 g/mol. The number of carbonyl (C=O) groups excluding carboxylic acids is 2. The average molecular weight is 627 g/mol. The molecule has 3 aliphatic rings. The fourth-order valence-corrected chi connectivity index (χ4v) is 7.58. The minimum atomic E-state index is -1.20. The molecule has 3 aromatic carbocycles. The molecular weight excluding hydrogens is 596 g/mol. The number of phenols is 1. The lowest BCUT2D eigenvalue weighted by Crippen LogP contribution is -2.52. The van der Waals surface area contributed by atoms with Crippen LogP contribution in [0.2, 0.25) is 10.0 Å². The van der Waals surface area contributed by atoms with Gasteiger partial charge in [0, 0.05) is 35.8 Å². The lowest BCUT2D eigenvalue weighted by atomic mass is 9.70. The highest BCUT2D eigenvalue weighted by Crippen LogP contribution is 2.60. The number of benzene rings is 3. The first-order chi connectivity index (χ1) is 20.6. The number of aromatic hydroxyl groups is 1. The molecule has 8 nitrogen and oxygen atoms in total. The second-order valence-electron chi connectivity index (χ2n) is 11.7. The molecule has 2 saturated heterocycles. The van der Waals surface area contributed by atoms with Crippen molar-refractivity contribution in [2.45, 2.75) is 43.7 Å². The van der Waals surface area contributed by atoms with E-state index in [1.54, 1.807) is 24.3 Å². The second-order valence-corrected chi connectivity index (χ2v) is 12.5. The Balaban J connectivity index is 1.56. The zero-order valence-corrected chi connectivity index (χ0v) is 24.8. The van der Waals surface area contributed by atoms with Gasteiger partial charge in [-0.1, -0.05) is 41.4 Å². The van der Waals surface area contributed by atoms with E-state index in [1.165, 1.54) is 23.1 Å². The van der Waals surface area contributed by atoms with Crippen molar-refractivity contribution in [1.82, 2.24) is 4.90 Å². The number of halogens is 3. The van der Waals surface area contributed by atoms with Crippen LogP contribution in [-0.4, -0.2) is 52.5 Å². The molecule has 43 heavy (non-hydrogen) atoms. The van der Waals surface area contributed by atoms with E-state index in [1.807, 2.05) is 13.0 Å². The van der Waals surface area contributed by atoms with E-state index in [9.17, 15) is 24.6 Å². The molecular formula is C32H30Cl2FN3O5. The number of amides is 2. The van der Waals surface area contributed by atoms with E-state index < -0.39 is 29.2 Å². The number of rotatable bonds is 8. The van der Waals surface area contributed by atoms with Gasteiger partial charge in [0.05, 0.1) is 27.7 Å². The van der Waals surface area contributed by atoms with Crippen molar-refractivity contribution in [1.29, 1.82) is 0 Å². The van der Waals surface area contributed by atoms with Gasteiger partial charge in [0.15, 0.2) is 0 Å². The van der Waals surface area contributed by atoms with E-state index in [0.29, 0.717) is 41.6 Å². The Morgan fingerprint density at radius 3 is 2.58 bits per heavy atom. The fraction of sp³-hybridized carbons (Fsp3) is 0.344. The van der Waals surface area contributed by atoms with Crippen LogP contribution < -0.4 is 10.2 Å². The largest absolute Gasteiger partial charge is 0.506 e. The van der Waals surface area contributed by atoms with Crippen LogP contribution >= 0.6 is 23.2 Å². The maximum atomic E-state index is 16.1. The van der Waals surface area contributed by atoms with Crippen molar-refractivity contribution in [3.05, 3.63) is 87.2 Å². The van der Waals surface area contributed by atoms with Gasteiger partial charge in [-0.25, -0.2) is 9.18 Å². The van der Waals surface area contributed by atoms with Crippen molar-refractivity contribution in [2.75, 3.05) is 23.3 Å². The number of anilines is 2. The van der Waals surface area contributed by atoms with Crippen LogP contribution in [-0.2, 0) is 15.1 Å². The first-order valence-electron chi connectivity index (χ1n) is 14.1. The Bertz CT molecular complexity index is 1630. The molecule has 2 amide bonds. The predicted molar refractivity (Wildman–Crippen MR) is 161 cm³/mol. The first kappa shape index (κ1) is 29.4. The molecule has 2 aliphatic heterocycles. The SMILES string of the molecule is C[C@@]1(c2ccc(Cl)cc2NC=O)[C@@H](c2cccc(Cl)c2F)[C@@H]2C(=O)N(c3ccc(C(=O)O)cc3O)CC[C@@H]2N1CC1CC1. The van der Waals surface area contributed by atoms with Crippen molar-refractivity contribution in [2.24, 2.45) is 11.8 Å². The number of carboxylic acids is 1. The number of phenolic OH excluding ortho intramolecular Hbond substituents is 1. The summed E-state index contributed by atoms with van der Waals surface area (Å²) in [6.45, 7) is 2.92. The van der Waals surface area contributed by atoms with Gasteiger partial charge in [-0.15, -0.1) is 0 Å². The molecule has 1 aliphatic carbocycles. The summed E-state index contributed by atoms with van der Waals surface area (Å²) >= 11 is 12.7. The van der Waals surface area contributed by atoms with Crippen LogP contribution in [0, 0.1) is 17.7 Å². The number of fused-ring (bicyclic) bond motifs is 1. The summed E-state index contributed by atoms with van der Waals surface area (Å²) in [6.07, 6.45) is 3.17. The second kappa shape index (κ2) is 11.1. The Labute approximate surface area is 258 Å². The van der Waals surface area contributed by atoms with Gasteiger partial charge < -0.3 is 20.4 Å². The molecule has 0 bridgehead atoms. The number of likely N-dealkylation sites (tertiary alicyclic amines) is 1. The molecule has 11 heteroatoms. The van der Waals surface area contributed by atoms with Gasteiger partial charge in [-0.2, -0.15) is 0 Å². The minimum absolute atomic E-state index is 0.0681. The molecule has 0 radical (unpaired) electrons. The number of aromatic carboxylic acids is 1. The van der Waals surface area contributed by atoms with Crippen molar-refractivity contribution < 1.29 is 29.0 Å². The smallest absolute Gasteiger partial charge is 0.335 e. The Kier molecular flexibility index (Phi) is 7.61. The van der Waals surface area contributed by atoms with Gasteiger partial charge in [-0.3, -0.25) is 14.5 Å². The van der Waals surface area contributed by atoms with Crippen LogP contribution in [0.4, 0.5) is 15.8 Å². The molecule has 0 unspecified atom stereocenters. The summed E-state index contributed by atoms with van der Waals surface area (Å²) < 4.78 is 16.1. The molecule has 3 aromatic rings. The van der Waals surface area contributed by atoms with Crippen LogP contribution in [0.25, 0.3) is 0 Å². The van der Waals surface area contributed by atoms with E-state index in [2.05, 4.69) is 10.2 Å². The number of nitrogens with zero attached hydrogens (tertiary/aromatic N) is 2. The molecule has 3 N–H and O–H groups in total. The van der Waals surface area contributed by atoms with Crippen LogP contribution in [0.5, 0.6) is 5.75 Å². The first-order valence-corrected chi connectivity index (χ1v) is 14.9. The fourth-order valence-electron chi connectivity index (χ4n) is 7.23. The molecule has 6 rings (SSSR count). The van der Waals surface area contributed by atoms with Gasteiger partial charge in [0.2, 0.25) is 12.3 Å². The van der Waals surface area contributed by atoms with Crippen LogP contribution in [0.3, 0.4) is 0 Å². The summed E-state index contributed by atoms with van der Waals surface area (Å²) in [5, 5.41) is 23.3. The third-order valence-electron chi connectivity index (χ3n) is 9.30.